The van der Waals surface area contributed by atoms with Crippen LogP contribution >= 0.6 is 27.7 Å². The van der Waals surface area contributed by atoms with E-state index >= 15 is 0 Å². The average molecular weight is 319 g/mol. The lowest BCUT2D eigenvalue weighted by molar-refractivity contribution is -0.384. The Morgan fingerprint density at radius 1 is 1.59 bits per heavy atom. The van der Waals surface area contributed by atoms with E-state index in [1.54, 1.807) is 17.8 Å². The van der Waals surface area contributed by atoms with Gasteiger partial charge in [-0.05, 0) is 34.7 Å². The van der Waals surface area contributed by atoms with Crippen LogP contribution in [0.25, 0.3) is 0 Å². The number of halogens is 1. The van der Waals surface area contributed by atoms with Crippen molar-refractivity contribution in [3.63, 3.8) is 0 Å². The molecule has 0 saturated heterocycles. The molecule has 6 heteroatoms. The zero-order chi connectivity index (χ0) is 12.8. The van der Waals surface area contributed by atoms with Crippen LogP contribution in [0.2, 0.25) is 0 Å². The number of hydrogen-bond acceptors (Lipinski definition) is 4. The molecule has 17 heavy (non-hydrogen) atoms. The Balaban J connectivity index is 2.81. The highest BCUT2D eigenvalue weighted by atomic mass is 79.9. The highest BCUT2D eigenvalue weighted by Gasteiger charge is 2.11. The second kappa shape index (κ2) is 6.86. The molecule has 0 radical (unpaired) electrons. The minimum absolute atomic E-state index is 0.0975. The van der Waals surface area contributed by atoms with E-state index in [4.69, 9.17) is 0 Å². The Kier molecular flexibility index (Phi) is 5.77. The molecule has 0 aliphatic heterocycles. The third kappa shape index (κ3) is 4.20. The first-order chi connectivity index (χ1) is 8.08. The van der Waals surface area contributed by atoms with Gasteiger partial charge in [0.25, 0.3) is 5.69 Å². The molecular formula is C11H15BrN2O2S. The smallest absolute Gasteiger partial charge is 0.270 e. The van der Waals surface area contributed by atoms with Gasteiger partial charge >= 0.3 is 0 Å². The van der Waals surface area contributed by atoms with Gasteiger partial charge in [0.15, 0.2) is 0 Å². The normalized spacial score (nSPS) is 12.2. The monoisotopic (exact) mass is 318 g/mol. The van der Waals surface area contributed by atoms with E-state index in [1.165, 1.54) is 12.1 Å². The van der Waals surface area contributed by atoms with Crippen molar-refractivity contribution >= 4 is 39.1 Å². The quantitative estimate of drug-likeness (QED) is 0.638. The van der Waals surface area contributed by atoms with Crippen molar-refractivity contribution in [2.24, 2.45) is 0 Å². The van der Waals surface area contributed by atoms with Crippen LogP contribution in [0.15, 0.2) is 22.7 Å². The lowest BCUT2D eigenvalue weighted by Crippen LogP contribution is -2.21. The fraction of sp³-hybridized carbons (Fsp3) is 0.455. The predicted molar refractivity (Wildman–Crippen MR) is 76.9 cm³/mol. The number of anilines is 1. The van der Waals surface area contributed by atoms with Crippen molar-refractivity contribution in [2.75, 3.05) is 17.3 Å². The summed E-state index contributed by atoms with van der Waals surface area (Å²) in [7, 11) is 0. The molecule has 0 bridgehead atoms. The molecule has 0 spiro atoms. The fourth-order valence-electron chi connectivity index (χ4n) is 1.42. The van der Waals surface area contributed by atoms with Crippen LogP contribution in [0, 0.1) is 10.1 Å². The van der Waals surface area contributed by atoms with Gasteiger partial charge in [-0.1, -0.05) is 6.92 Å². The van der Waals surface area contributed by atoms with Crippen LogP contribution in [-0.4, -0.2) is 23.0 Å². The second-order valence-corrected chi connectivity index (χ2v) is 5.39. The Hall–Kier alpha value is -0.750. The number of thioether (sulfide) groups is 1. The molecule has 0 aliphatic carbocycles. The molecule has 0 aromatic heterocycles. The Morgan fingerprint density at radius 2 is 2.29 bits per heavy atom. The number of nitrogens with one attached hydrogen (secondary N) is 1. The molecule has 0 aliphatic rings. The van der Waals surface area contributed by atoms with Crippen molar-refractivity contribution in [1.29, 1.82) is 0 Å². The summed E-state index contributed by atoms with van der Waals surface area (Å²) in [5.41, 5.74) is 0.997. The van der Waals surface area contributed by atoms with Crippen molar-refractivity contribution in [2.45, 2.75) is 19.4 Å². The maximum atomic E-state index is 10.6. The zero-order valence-corrected chi connectivity index (χ0v) is 12.2. The lowest BCUT2D eigenvalue weighted by Gasteiger charge is -2.18. The molecule has 4 nitrogen and oxygen atoms in total. The number of nitrogens with zero attached hydrogens (tertiary/aromatic N) is 1. The summed E-state index contributed by atoms with van der Waals surface area (Å²) < 4.78 is 0.728. The third-order valence-electron chi connectivity index (χ3n) is 2.38. The van der Waals surface area contributed by atoms with Gasteiger partial charge in [-0.2, -0.15) is 11.8 Å². The van der Waals surface area contributed by atoms with Gasteiger partial charge in [0.1, 0.15) is 0 Å². The summed E-state index contributed by atoms with van der Waals surface area (Å²) in [5, 5.41) is 14.0. The Labute approximate surface area is 113 Å². The minimum Gasteiger partial charge on any atom is -0.381 e. The van der Waals surface area contributed by atoms with Gasteiger partial charge in [-0.15, -0.1) is 0 Å². The molecule has 0 amide bonds. The van der Waals surface area contributed by atoms with Crippen LogP contribution in [0.1, 0.15) is 13.3 Å². The molecule has 1 N–H and O–H groups in total. The minimum atomic E-state index is -0.395. The van der Waals surface area contributed by atoms with Crippen LogP contribution < -0.4 is 5.32 Å². The fourth-order valence-corrected chi connectivity index (χ4v) is 2.62. The standard InChI is InChI=1S/C11H15BrN2O2S/c1-3-8(7-17-2)13-11-5-4-9(14(15)16)6-10(11)12/h4-6,8,13H,3,7H2,1-2H3. The first-order valence-corrected chi connectivity index (χ1v) is 7.46. The van der Waals surface area contributed by atoms with Crippen molar-refractivity contribution in [3.8, 4) is 0 Å². The molecule has 0 saturated carbocycles. The molecule has 1 aromatic rings. The Bertz CT molecular complexity index is 401. The highest BCUT2D eigenvalue weighted by Crippen LogP contribution is 2.28. The van der Waals surface area contributed by atoms with Crippen molar-refractivity contribution in [1.82, 2.24) is 0 Å². The number of nitro benzene ring substituents is 1. The van der Waals surface area contributed by atoms with Crippen molar-refractivity contribution < 1.29 is 4.92 Å². The summed E-state index contributed by atoms with van der Waals surface area (Å²) >= 11 is 5.13. The summed E-state index contributed by atoms with van der Waals surface area (Å²) in [5.74, 6) is 1.01. The van der Waals surface area contributed by atoms with E-state index in [0.717, 1.165) is 22.3 Å². The first kappa shape index (κ1) is 14.3. The second-order valence-electron chi connectivity index (χ2n) is 3.63. The molecule has 1 unspecified atom stereocenters. The third-order valence-corrected chi connectivity index (χ3v) is 3.78. The van der Waals surface area contributed by atoms with E-state index < -0.39 is 4.92 Å². The average Bonchev–Trinajstić information content (AvgIpc) is 2.30. The maximum absolute atomic E-state index is 10.6. The molecule has 94 valence electrons. The van der Waals surface area contributed by atoms with Crippen LogP contribution in [0.4, 0.5) is 11.4 Å². The molecule has 1 aromatic carbocycles. The van der Waals surface area contributed by atoms with Crippen LogP contribution in [-0.2, 0) is 0 Å². The largest absolute Gasteiger partial charge is 0.381 e. The topological polar surface area (TPSA) is 55.2 Å². The van der Waals surface area contributed by atoms with Crippen molar-refractivity contribution in [3.05, 3.63) is 32.8 Å². The number of non-ortho nitro benzene ring substituents is 1. The number of nitro groups is 1. The summed E-state index contributed by atoms with van der Waals surface area (Å²) in [4.78, 5) is 10.2. The van der Waals surface area contributed by atoms with Gasteiger partial charge in [0, 0.05) is 34.1 Å². The summed E-state index contributed by atoms with van der Waals surface area (Å²) in [6.07, 6.45) is 3.08. The van der Waals surface area contributed by atoms with E-state index in [2.05, 4.69) is 34.4 Å². The van der Waals surface area contributed by atoms with Crippen LogP contribution in [0.5, 0.6) is 0 Å². The molecule has 1 atom stereocenters. The number of benzene rings is 1. The van der Waals surface area contributed by atoms with Gasteiger partial charge < -0.3 is 5.32 Å². The molecule has 1 rings (SSSR count). The van der Waals surface area contributed by atoms with E-state index in [0.29, 0.717) is 6.04 Å². The SMILES string of the molecule is CCC(CSC)Nc1ccc([N+](=O)[O-])cc1Br. The zero-order valence-electron chi connectivity index (χ0n) is 9.77. The summed E-state index contributed by atoms with van der Waals surface area (Å²) in [6, 6.07) is 5.15. The van der Waals surface area contributed by atoms with Gasteiger partial charge in [-0.25, -0.2) is 0 Å². The number of rotatable bonds is 6. The number of hydrogen-bond donors (Lipinski definition) is 1. The van der Waals surface area contributed by atoms with E-state index in [-0.39, 0.29) is 5.69 Å². The first-order valence-electron chi connectivity index (χ1n) is 5.27. The lowest BCUT2D eigenvalue weighted by atomic mass is 10.2. The maximum Gasteiger partial charge on any atom is 0.270 e. The van der Waals surface area contributed by atoms with E-state index in [1.807, 2.05) is 0 Å². The summed E-state index contributed by atoms with van der Waals surface area (Å²) in [6.45, 7) is 2.12. The molecular weight excluding hydrogens is 304 g/mol. The van der Waals surface area contributed by atoms with E-state index in [9.17, 15) is 10.1 Å². The highest BCUT2D eigenvalue weighted by molar-refractivity contribution is 9.10. The van der Waals surface area contributed by atoms with Gasteiger partial charge in [0.2, 0.25) is 0 Å². The van der Waals surface area contributed by atoms with Crippen LogP contribution in [0.3, 0.4) is 0 Å². The predicted octanol–water partition coefficient (Wildman–Crippen LogP) is 3.91. The Morgan fingerprint density at radius 3 is 2.76 bits per heavy atom. The molecule has 0 fully saturated rings. The van der Waals surface area contributed by atoms with Gasteiger partial charge in [-0.3, -0.25) is 10.1 Å². The molecule has 0 heterocycles. The van der Waals surface area contributed by atoms with Gasteiger partial charge in [0.05, 0.1) is 4.92 Å².